The van der Waals surface area contributed by atoms with Crippen molar-refractivity contribution in [2.75, 3.05) is 0 Å². The van der Waals surface area contributed by atoms with E-state index in [1.165, 1.54) is 22.6 Å². The summed E-state index contributed by atoms with van der Waals surface area (Å²) >= 11 is 1.81. The lowest BCUT2D eigenvalue weighted by Gasteiger charge is -2.03. The third-order valence-electron chi connectivity index (χ3n) is 2.88. The van der Waals surface area contributed by atoms with Gasteiger partial charge in [-0.2, -0.15) is 0 Å². The highest BCUT2D eigenvalue weighted by molar-refractivity contribution is 7.11. The van der Waals surface area contributed by atoms with E-state index in [2.05, 4.69) is 22.4 Å². The molecule has 3 nitrogen and oxygen atoms in total. The van der Waals surface area contributed by atoms with E-state index in [1.807, 2.05) is 23.5 Å². The van der Waals surface area contributed by atoms with E-state index in [-0.39, 0.29) is 0 Å². The molecule has 0 saturated heterocycles. The zero-order chi connectivity index (χ0) is 12.2. The first kappa shape index (κ1) is 11.7. The van der Waals surface area contributed by atoms with Crippen LogP contribution in [0.1, 0.15) is 22.6 Å². The summed E-state index contributed by atoms with van der Waals surface area (Å²) in [6.45, 7) is 1.61. The smallest absolute Gasteiger partial charge is 0.138 e. The van der Waals surface area contributed by atoms with Gasteiger partial charge in [0, 0.05) is 28.5 Å². The van der Waals surface area contributed by atoms with Crippen LogP contribution in [-0.2, 0) is 13.2 Å². The molecule has 0 atom stereocenters. The number of rotatable bonds is 6. The molecule has 0 amide bonds. The summed E-state index contributed by atoms with van der Waals surface area (Å²) in [6.07, 6.45) is 6.16. The van der Waals surface area contributed by atoms with Gasteiger partial charge in [-0.05, 0) is 37.1 Å². The molecule has 4 heteroatoms. The number of hydrogen-bond donors (Lipinski definition) is 1. The Bertz CT molecular complexity index is 494. The summed E-state index contributed by atoms with van der Waals surface area (Å²) in [4.78, 5) is 6.66. The van der Waals surface area contributed by atoms with Gasteiger partial charge < -0.3 is 10.1 Å². The van der Waals surface area contributed by atoms with Gasteiger partial charge >= 0.3 is 0 Å². The van der Waals surface area contributed by atoms with Crippen molar-refractivity contribution >= 4 is 11.3 Å². The van der Waals surface area contributed by atoms with Crippen LogP contribution in [0.2, 0.25) is 0 Å². The fourth-order valence-corrected chi connectivity index (χ4v) is 2.60. The van der Waals surface area contributed by atoms with E-state index >= 15 is 0 Å². The zero-order valence-electron chi connectivity index (χ0n) is 10.1. The lowest BCUT2D eigenvalue weighted by molar-refractivity contribution is 0.308. The van der Waals surface area contributed by atoms with Crippen LogP contribution < -0.4 is 10.1 Å². The van der Waals surface area contributed by atoms with Crippen LogP contribution in [0.4, 0.5) is 0 Å². The van der Waals surface area contributed by atoms with Crippen molar-refractivity contribution in [2.24, 2.45) is 0 Å². The average Bonchev–Trinajstić information content (AvgIpc) is 3.14. The molecule has 1 aliphatic carbocycles. The van der Waals surface area contributed by atoms with Crippen LogP contribution in [0.15, 0.2) is 36.7 Å². The van der Waals surface area contributed by atoms with Crippen molar-refractivity contribution < 1.29 is 4.74 Å². The minimum absolute atomic E-state index is 0.625. The number of nitrogens with one attached hydrogen (secondary N) is 1. The van der Waals surface area contributed by atoms with Crippen molar-refractivity contribution in [3.8, 4) is 5.75 Å². The summed E-state index contributed by atoms with van der Waals surface area (Å²) in [7, 11) is 0. The molecule has 2 aromatic rings. The number of hydrogen-bond acceptors (Lipinski definition) is 4. The van der Waals surface area contributed by atoms with E-state index in [9.17, 15) is 0 Å². The van der Waals surface area contributed by atoms with E-state index in [0.717, 1.165) is 18.3 Å². The number of thiophene rings is 1. The van der Waals surface area contributed by atoms with Gasteiger partial charge in [0.25, 0.3) is 0 Å². The maximum absolute atomic E-state index is 5.67. The molecular formula is C14H16N2OS. The first-order chi connectivity index (χ1) is 8.90. The highest BCUT2D eigenvalue weighted by Crippen LogP contribution is 2.22. The van der Waals surface area contributed by atoms with Gasteiger partial charge in [-0.25, -0.2) is 0 Å². The van der Waals surface area contributed by atoms with Gasteiger partial charge in [0.05, 0.1) is 6.20 Å². The van der Waals surface area contributed by atoms with Crippen LogP contribution >= 0.6 is 11.3 Å². The predicted octanol–water partition coefficient (Wildman–Crippen LogP) is 2.97. The fraction of sp³-hybridized carbons (Fsp3) is 0.357. The molecule has 1 fully saturated rings. The van der Waals surface area contributed by atoms with Gasteiger partial charge in [-0.1, -0.05) is 0 Å². The second-order valence-corrected chi connectivity index (χ2v) is 5.75. The van der Waals surface area contributed by atoms with Gasteiger partial charge in [-0.3, -0.25) is 4.98 Å². The Morgan fingerprint density at radius 1 is 1.28 bits per heavy atom. The summed E-state index contributed by atoms with van der Waals surface area (Å²) in [5, 5.41) is 3.52. The molecule has 1 aliphatic rings. The number of pyridine rings is 1. The van der Waals surface area contributed by atoms with E-state index in [0.29, 0.717) is 6.61 Å². The molecule has 18 heavy (non-hydrogen) atoms. The lowest BCUT2D eigenvalue weighted by atomic mass is 10.4. The van der Waals surface area contributed by atoms with Crippen molar-refractivity contribution in [2.45, 2.75) is 32.0 Å². The first-order valence-corrected chi connectivity index (χ1v) is 7.05. The molecule has 94 valence electrons. The second kappa shape index (κ2) is 5.50. The molecule has 0 bridgehead atoms. The maximum Gasteiger partial charge on any atom is 0.138 e. The Hall–Kier alpha value is -1.39. The zero-order valence-corrected chi connectivity index (χ0v) is 11.0. The summed E-state index contributed by atoms with van der Waals surface area (Å²) in [5.41, 5.74) is 0. The Morgan fingerprint density at radius 3 is 2.94 bits per heavy atom. The van der Waals surface area contributed by atoms with Crippen LogP contribution in [0, 0.1) is 0 Å². The first-order valence-electron chi connectivity index (χ1n) is 6.24. The molecule has 0 aliphatic heterocycles. The highest BCUT2D eigenvalue weighted by Gasteiger charge is 2.20. The van der Waals surface area contributed by atoms with E-state index in [1.54, 1.807) is 12.4 Å². The topological polar surface area (TPSA) is 34.1 Å². The minimum atomic E-state index is 0.625. The van der Waals surface area contributed by atoms with Crippen LogP contribution in [0.3, 0.4) is 0 Å². The third kappa shape index (κ3) is 3.31. The van der Waals surface area contributed by atoms with Crippen molar-refractivity contribution in [3.05, 3.63) is 46.4 Å². The van der Waals surface area contributed by atoms with Gasteiger partial charge in [0.15, 0.2) is 0 Å². The summed E-state index contributed by atoms with van der Waals surface area (Å²) in [5.74, 6) is 0.823. The van der Waals surface area contributed by atoms with E-state index in [4.69, 9.17) is 4.74 Å². The molecule has 2 heterocycles. The fourth-order valence-electron chi connectivity index (χ4n) is 1.71. The van der Waals surface area contributed by atoms with Crippen LogP contribution in [0.25, 0.3) is 0 Å². The van der Waals surface area contributed by atoms with Crippen LogP contribution in [0.5, 0.6) is 5.75 Å². The molecule has 0 radical (unpaired) electrons. The minimum Gasteiger partial charge on any atom is -0.486 e. The van der Waals surface area contributed by atoms with Crippen molar-refractivity contribution in [1.29, 1.82) is 0 Å². The van der Waals surface area contributed by atoms with Crippen molar-refractivity contribution in [3.63, 3.8) is 0 Å². The Kier molecular flexibility index (Phi) is 3.57. The number of aromatic nitrogens is 1. The Morgan fingerprint density at radius 2 is 2.17 bits per heavy atom. The molecular weight excluding hydrogens is 244 g/mol. The van der Waals surface area contributed by atoms with Crippen LogP contribution in [-0.4, -0.2) is 11.0 Å². The Labute approximate surface area is 111 Å². The monoisotopic (exact) mass is 260 g/mol. The largest absolute Gasteiger partial charge is 0.486 e. The highest BCUT2D eigenvalue weighted by atomic mass is 32.1. The predicted molar refractivity (Wildman–Crippen MR) is 72.7 cm³/mol. The average molecular weight is 260 g/mol. The molecule has 0 unspecified atom stereocenters. The van der Waals surface area contributed by atoms with Gasteiger partial charge in [0.2, 0.25) is 0 Å². The maximum atomic E-state index is 5.67. The summed E-state index contributed by atoms with van der Waals surface area (Å²) in [6, 6.07) is 8.90. The SMILES string of the molecule is c1cncc(OCc2ccc(CNC3CC3)s2)c1. The Balaban J connectivity index is 1.50. The molecule has 3 rings (SSSR count). The van der Waals surface area contributed by atoms with E-state index < -0.39 is 0 Å². The molecule has 1 saturated carbocycles. The third-order valence-corrected chi connectivity index (χ3v) is 3.93. The molecule has 0 spiro atoms. The quantitative estimate of drug-likeness (QED) is 0.867. The molecule has 1 N–H and O–H groups in total. The van der Waals surface area contributed by atoms with Gasteiger partial charge in [0.1, 0.15) is 12.4 Å². The lowest BCUT2D eigenvalue weighted by Crippen LogP contribution is -2.14. The normalized spacial score (nSPS) is 14.7. The van der Waals surface area contributed by atoms with Gasteiger partial charge in [-0.15, -0.1) is 11.3 Å². The van der Waals surface area contributed by atoms with Crippen molar-refractivity contribution in [1.82, 2.24) is 10.3 Å². The second-order valence-electron chi connectivity index (χ2n) is 4.50. The number of nitrogens with zero attached hydrogens (tertiary/aromatic N) is 1. The molecule has 2 aromatic heterocycles. The summed E-state index contributed by atoms with van der Waals surface area (Å²) < 4.78 is 5.67. The standard InChI is InChI=1S/C14H16N2OS/c1-2-12(8-15-7-1)17-10-14-6-5-13(18-14)9-16-11-3-4-11/h1-2,5-8,11,16H,3-4,9-10H2. The molecule has 0 aromatic carbocycles. The number of ether oxygens (including phenoxy) is 1.